The molecule has 6 heteroatoms. The predicted molar refractivity (Wildman–Crippen MR) is 136 cm³/mol. The first-order chi connectivity index (χ1) is 15.7. The van der Waals surface area contributed by atoms with Crippen molar-refractivity contribution in [1.29, 1.82) is 0 Å². The molecule has 0 radical (unpaired) electrons. The van der Waals surface area contributed by atoms with Gasteiger partial charge in [0.15, 0.2) is 5.96 Å². The van der Waals surface area contributed by atoms with Gasteiger partial charge in [0.25, 0.3) is 5.91 Å². The Morgan fingerprint density at radius 2 is 1.82 bits per heavy atom. The van der Waals surface area contributed by atoms with Gasteiger partial charge in [-0.3, -0.25) is 14.7 Å². The van der Waals surface area contributed by atoms with Gasteiger partial charge in [-0.05, 0) is 63.8 Å². The molecule has 0 saturated carbocycles. The van der Waals surface area contributed by atoms with Gasteiger partial charge in [0.05, 0.1) is 0 Å². The molecule has 178 valence electrons. The molecule has 1 heterocycles. The fourth-order valence-corrected chi connectivity index (χ4v) is 4.21. The lowest BCUT2D eigenvalue weighted by atomic mass is 9.97. The van der Waals surface area contributed by atoms with Crippen LogP contribution in [0.15, 0.2) is 59.6 Å². The standard InChI is InChI=1S/C27H39N5O/c1-20-16-24(14-15-32(20)19-21-10-7-6-8-11-21)30-26(28-5)29-18-22-12-9-13-23(17-22)25(33)31-27(2,3)4/h6-13,17,20,24H,14-16,18-19H2,1-5H3,(H,31,33)(H2,28,29,30). The molecule has 2 aromatic rings. The van der Waals surface area contributed by atoms with E-state index in [-0.39, 0.29) is 11.4 Å². The Bertz CT molecular complexity index is 935. The Balaban J connectivity index is 1.49. The second kappa shape index (κ2) is 11.3. The highest BCUT2D eigenvalue weighted by Gasteiger charge is 2.26. The number of carbonyl (C=O) groups is 1. The van der Waals surface area contributed by atoms with Crippen LogP contribution >= 0.6 is 0 Å². The highest BCUT2D eigenvalue weighted by atomic mass is 16.1. The summed E-state index contributed by atoms with van der Waals surface area (Å²) in [4.78, 5) is 19.4. The van der Waals surface area contributed by atoms with Gasteiger partial charge in [0.1, 0.15) is 0 Å². The average Bonchev–Trinajstić information content (AvgIpc) is 2.78. The van der Waals surface area contributed by atoms with E-state index in [1.165, 1.54) is 5.56 Å². The molecule has 0 spiro atoms. The van der Waals surface area contributed by atoms with Crippen molar-refractivity contribution in [2.24, 2.45) is 4.99 Å². The molecule has 0 aliphatic carbocycles. The van der Waals surface area contributed by atoms with Crippen molar-refractivity contribution in [3.8, 4) is 0 Å². The smallest absolute Gasteiger partial charge is 0.251 e. The van der Waals surface area contributed by atoms with Gasteiger partial charge < -0.3 is 16.0 Å². The van der Waals surface area contributed by atoms with Gasteiger partial charge in [-0.15, -0.1) is 0 Å². The van der Waals surface area contributed by atoms with Crippen molar-refractivity contribution in [2.45, 2.75) is 71.2 Å². The summed E-state index contributed by atoms with van der Waals surface area (Å²) in [6.07, 6.45) is 2.16. The number of nitrogens with one attached hydrogen (secondary N) is 3. The number of likely N-dealkylation sites (tertiary alicyclic amines) is 1. The zero-order valence-corrected chi connectivity index (χ0v) is 20.7. The lowest BCUT2D eigenvalue weighted by Gasteiger charge is -2.38. The maximum atomic E-state index is 12.5. The zero-order chi connectivity index (χ0) is 23.8. The Kier molecular flexibility index (Phi) is 8.50. The first kappa shape index (κ1) is 24.8. The second-order valence-corrected chi connectivity index (χ2v) is 10.0. The van der Waals surface area contributed by atoms with E-state index in [2.05, 4.69) is 63.1 Å². The maximum absolute atomic E-state index is 12.5. The van der Waals surface area contributed by atoms with Crippen LogP contribution in [0.4, 0.5) is 0 Å². The monoisotopic (exact) mass is 449 g/mol. The minimum Gasteiger partial charge on any atom is -0.354 e. The normalized spacial score (nSPS) is 19.7. The van der Waals surface area contributed by atoms with Crippen LogP contribution in [0.25, 0.3) is 0 Å². The van der Waals surface area contributed by atoms with Crippen LogP contribution in [0.5, 0.6) is 0 Å². The van der Waals surface area contributed by atoms with Crippen LogP contribution in [0, 0.1) is 0 Å². The number of hydrogen-bond donors (Lipinski definition) is 3. The second-order valence-electron chi connectivity index (χ2n) is 10.0. The first-order valence-electron chi connectivity index (χ1n) is 11.9. The molecule has 3 N–H and O–H groups in total. The number of guanidine groups is 1. The number of amides is 1. The number of benzene rings is 2. The van der Waals surface area contributed by atoms with Crippen molar-refractivity contribution in [1.82, 2.24) is 20.9 Å². The molecule has 1 fully saturated rings. The minimum absolute atomic E-state index is 0.0527. The van der Waals surface area contributed by atoms with Crippen LogP contribution in [0.3, 0.4) is 0 Å². The zero-order valence-electron chi connectivity index (χ0n) is 20.7. The third-order valence-corrected chi connectivity index (χ3v) is 5.94. The molecule has 0 bridgehead atoms. The fraction of sp³-hybridized carbons (Fsp3) is 0.481. The molecular weight excluding hydrogens is 410 g/mol. The molecule has 0 aromatic heterocycles. The summed E-state index contributed by atoms with van der Waals surface area (Å²) in [5, 5.41) is 10.0. The molecule has 3 rings (SSSR count). The average molecular weight is 450 g/mol. The van der Waals surface area contributed by atoms with Crippen molar-refractivity contribution >= 4 is 11.9 Å². The van der Waals surface area contributed by atoms with Crippen LogP contribution in [-0.4, -0.2) is 48.0 Å². The van der Waals surface area contributed by atoms with E-state index in [1.807, 2.05) is 45.0 Å². The van der Waals surface area contributed by atoms with Gasteiger partial charge in [-0.2, -0.15) is 0 Å². The van der Waals surface area contributed by atoms with Gasteiger partial charge in [-0.25, -0.2) is 0 Å². The SMILES string of the molecule is CN=C(NCc1cccc(C(=O)NC(C)(C)C)c1)NC1CCN(Cc2ccccc2)C(C)C1. The molecule has 33 heavy (non-hydrogen) atoms. The van der Waals surface area contributed by atoms with E-state index in [4.69, 9.17) is 0 Å². The highest BCUT2D eigenvalue weighted by Crippen LogP contribution is 2.20. The lowest BCUT2D eigenvalue weighted by Crippen LogP contribution is -2.51. The minimum atomic E-state index is -0.259. The van der Waals surface area contributed by atoms with Gasteiger partial charge in [0, 0.05) is 49.9 Å². The van der Waals surface area contributed by atoms with Crippen LogP contribution < -0.4 is 16.0 Å². The van der Waals surface area contributed by atoms with E-state index < -0.39 is 0 Å². The van der Waals surface area contributed by atoms with Crippen LogP contribution in [0.2, 0.25) is 0 Å². The van der Waals surface area contributed by atoms with Crippen molar-refractivity contribution < 1.29 is 4.79 Å². The van der Waals surface area contributed by atoms with E-state index in [0.29, 0.717) is 24.2 Å². The molecule has 1 saturated heterocycles. The van der Waals surface area contributed by atoms with E-state index in [9.17, 15) is 4.79 Å². The molecular formula is C27H39N5O. The summed E-state index contributed by atoms with van der Waals surface area (Å²) in [5.74, 6) is 0.747. The Morgan fingerprint density at radius 3 is 2.48 bits per heavy atom. The Labute approximate surface area is 198 Å². The number of hydrogen-bond acceptors (Lipinski definition) is 3. The van der Waals surface area contributed by atoms with Gasteiger partial charge in [-0.1, -0.05) is 42.5 Å². The molecule has 1 amide bonds. The fourth-order valence-electron chi connectivity index (χ4n) is 4.21. The molecule has 1 aliphatic heterocycles. The maximum Gasteiger partial charge on any atom is 0.251 e. The van der Waals surface area contributed by atoms with E-state index in [0.717, 1.165) is 37.5 Å². The summed E-state index contributed by atoms with van der Waals surface area (Å²) in [6, 6.07) is 19.3. The van der Waals surface area contributed by atoms with Crippen molar-refractivity contribution in [3.05, 3.63) is 71.3 Å². The van der Waals surface area contributed by atoms with Crippen molar-refractivity contribution in [3.63, 3.8) is 0 Å². The molecule has 1 aliphatic rings. The summed E-state index contributed by atoms with van der Waals surface area (Å²) >= 11 is 0. The number of aliphatic imine (C=N–C) groups is 1. The molecule has 6 nitrogen and oxygen atoms in total. The summed E-state index contributed by atoms with van der Waals surface area (Å²) < 4.78 is 0. The highest BCUT2D eigenvalue weighted by molar-refractivity contribution is 5.94. The number of piperidine rings is 1. The quantitative estimate of drug-likeness (QED) is 0.462. The number of rotatable bonds is 6. The number of nitrogens with zero attached hydrogens (tertiary/aromatic N) is 2. The van der Waals surface area contributed by atoms with E-state index in [1.54, 1.807) is 7.05 Å². The van der Waals surface area contributed by atoms with Crippen molar-refractivity contribution in [2.75, 3.05) is 13.6 Å². The van der Waals surface area contributed by atoms with Gasteiger partial charge in [0.2, 0.25) is 0 Å². The third-order valence-electron chi connectivity index (χ3n) is 5.94. The third kappa shape index (κ3) is 7.90. The molecule has 2 unspecified atom stereocenters. The molecule has 2 aromatic carbocycles. The van der Waals surface area contributed by atoms with Crippen LogP contribution in [0.1, 0.15) is 62.0 Å². The molecule has 2 atom stereocenters. The lowest BCUT2D eigenvalue weighted by molar-refractivity contribution is 0.0919. The van der Waals surface area contributed by atoms with E-state index >= 15 is 0 Å². The van der Waals surface area contributed by atoms with Crippen LogP contribution in [-0.2, 0) is 13.1 Å². The first-order valence-corrected chi connectivity index (χ1v) is 11.9. The predicted octanol–water partition coefficient (Wildman–Crippen LogP) is 3.93. The summed E-state index contributed by atoms with van der Waals surface area (Å²) in [7, 11) is 1.80. The summed E-state index contributed by atoms with van der Waals surface area (Å²) in [6.45, 7) is 10.9. The Hall–Kier alpha value is -2.86. The summed E-state index contributed by atoms with van der Waals surface area (Å²) in [5.41, 5.74) is 2.83. The Morgan fingerprint density at radius 1 is 1.09 bits per heavy atom. The number of carbonyl (C=O) groups excluding carboxylic acids is 1. The topological polar surface area (TPSA) is 68.8 Å². The van der Waals surface area contributed by atoms with Gasteiger partial charge >= 0.3 is 0 Å². The largest absolute Gasteiger partial charge is 0.354 e.